The Balaban J connectivity index is 1.38. The van der Waals surface area contributed by atoms with Crippen molar-refractivity contribution in [2.24, 2.45) is 0 Å². The van der Waals surface area contributed by atoms with E-state index in [0.717, 1.165) is 35.8 Å². The van der Waals surface area contributed by atoms with Crippen LogP contribution in [0.5, 0.6) is 0 Å². The maximum atomic E-state index is 13.8. The third-order valence-corrected chi connectivity index (χ3v) is 5.96. The summed E-state index contributed by atoms with van der Waals surface area (Å²) in [5.74, 6) is -0.274. The summed E-state index contributed by atoms with van der Waals surface area (Å²) in [7, 11) is 0. The SMILES string of the molecule is O=C(NC1CCCC1)N1CCN(c2nc3c(F)cccc3s2)CC1. The van der Waals surface area contributed by atoms with Gasteiger partial charge in [-0.25, -0.2) is 14.2 Å². The molecule has 1 saturated carbocycles. The fourth-order valence-corrected chi connectivity index (χ4v) is 4.51. The number of thiazole rings is 1. The molecule has 1 aromatic carbocycles. The summed E-state index contributed by atoms with van der Waals surface area (Å²) in [6, 6.07) is 5.45. The Morgan fingerprint density at radius 2 is 1.96 bits per heavy atom. The van der Waals surface area contributed by atoms with Crippen molar-refractivity contribution >= 4 is 32.7 Å². The second-order valence-corrected chi connectivity index (χ2v) is 7.50. The first-order valence-electron chi connectivity index (χ1n) is 8.56. The number of urea groups is 1. The third kappa shape index (κ3) is 3.05. The number of piperazine rings is 1. The molecule has 128 valence electrons. The van der Waals surface area contributed by atoms with Crippen LogP contribution in [0.1, 0.15) is 25.7 Å². The predicted molar refractivity (Wildman–Crippen MR) is 94.2 cm³/mol. The van der Waals surface area contributed by atoms with Crippen molar-refractivity contribution in [3.63, 3.8) is 0 Å². The zero-order valence-electron chi connectivity index (χ0n) is 13.5. The van der Waals surface area contributed by atoms with Crippen LogP contribution in [-0.4, -0.2) is 48.1 Å². The average Bonchev–Trinajstić information content (AvgIpc) is 3.25. The van der Waals surface area contributed by atoms with Gasteiger partial charge in [0.2, 0.25) is 0 Å². The van der Waals surface area contributed by atoms with Gasteiger partial charge in [-0.2, -0.15) is 0 Å². The second-order valence-electron chi connectivity index (χ2n) is 6.49. The first-order chi connectivity index (χ1) is 11.7. The van der Waals surface area contributed by atoms with Crippen molar-refractivity contribution in [3.05, 3.63) is 24.0 Å². The standard InChI is InChI=1S/C17H21FN4OS/c18-13-6-3-7-14-15(13)20-17(24-14)22-10-8-21(9-11-22)16(23)19-12-4-1-2-5-12/h3,6-7,12H,1-2,4-5,8-11H2,(H,19,23). The molecule has 1 aliphatic heterocycles. The molecular formula is C17H21FN4OS. The van der Waals surface area contributed by atoms with Crippen molar-refractivity contribution in [2.45, 2.75) is 31.7 Å². The number of amides is 2. The van der Waals surface area contributed by atoms with E-state index >= 15 is 0 Å². The molecule has 2 aliphatic rings. The van der Waals surface area contributed by atoms with Gasteiger partial charge in [0.05, 0.1) is 4.70 Å². The van der Waals surface area contributed by atoms with E-state index in [1.807, 2.05) is 11.0 Å². The highest BCUT2D eigenvalue weighted by atomic mass is 32.1. The number of nitrogens with one attached hydrogen (secondary N) is 1. The Bertz CT molecular complexity index is 735. The first kappa shape index (κ1) is 15.6. The van der Waals surface area contributed by atoms with Gasteiger partial charge in [0.25, 0.3) is 0 Å². The van der Waals surface area contributed by atoms with Crippen LogP contribution in [0.2, 0.25) is 0 Å². The van der Waals surface area contributed by atoms with Crippen LogP contribution in [0.4, 0.5) is 14.3 Å². The van der Waals surface area contributed by atoms with Gasteiger partial charge in [-0.1, -0.05) is 30.2 Å². The number of halogens is 1. The van der Waals surface area contributed by atoms with Gasteiger partial charge in [-0.3, -0.25) is 0 Å². The monoisotopic (exact) mass is 348 g/mol. The molecule has 2 aromatic rings. The summed E-state index contributed by atoms with van der Waals surface area (Å²) in [5, 5.41) is 3.98. The molecule has 2 heterocycles. The molecule has 2 fully saturated rings. The quantitative estimate of drug-likeness (QED) is 0.907. The van der Waals surface area contributed by atoms with E-state index in [-0.39, 0.29) is 11.8 Å². The topological polar surface area (TPSA) is 48.5 Å². The molecule has 0 radical (unpaired) electrons. The van der Waals surface area contributed by atoms with Crippen LogP contribution in [-0.2, 0) is 0 Å². The summed E-state index contributed by atoms with van der Waals surface area (Å²) < 4.78 is 14.7. The van der Waals surface area contributed by atoms with Gasteiger partial charge in [0.15, 0.2) is 5.13 Å². The van der Waals surface area contributed by atoms with Gasteiger partial charge in [0, 0.05) is 32.2 Å². The number of benzene rings is 1. The summed E-state index contributed by atoms with van der Waals surface area (Å²) in [5.41, 5.74) is 0.443. The van der Waals surface area contributed by atoms with Gasteiger partial charge >= 0.3 is 6.03 Å². The number of hydrogen-bond donors (Lipinski definition) is 1. The minimum absolute atomic E-state index is 0.0527. The number of rotatable bonds is 2. The molecule has 0 spiro atoms. The molecule has 1 aromatic heterocycles. The van der Waals surface area contributed by atoms with Crippen LogP contribution in [0, 0.1) is 5.82 Å². The fraction of sp³-hybridized carbons (Fsp3) is 0.529. The van der Waals surface area contributed by atoms with E-state index in [2.05, 4.69) is 15.2 Å². The molecule has 0 bridgehead atoms. The van der Waals surface area contributed by atoms with Gasteiger partial charge < -0.3 is 15.1 Å². The number of carbonyl (C=O) groups excluding carboxylic acids is 1. The van der Waals surface area contributed by atoms with E-state index in [1.165, 1.54) is 30.2 Å². The molecule has 4 rings (SSSR count). The van der Waals surface area contributed by atoms with Gasteiger partial charge in [0.1, 0.15) is 11.3 Å². The lowest BCUT2D eigenvalue weighted by atomic mass is 10.2. The number of para-hydroxylation sites is 1. The molecule has 24 heavy (non-hydrogen) atoms. The maximum absolute atomic E-state index is 13.8. The normalized spacial score (nSPS) is 19.2. The fourth-order valence-electron chi connectivity index (χ4n) is 3.48. The number of aromatic nitrogens is 1. The van der Waals surface area contributed by atoms with Crippen LogP contribution in [0.3, 0.4) is 0 Å². The largest absolute Gasteiger partial charge is 0.345 e. The molecule has 0 atom stereocenters. The van der Waals surface area contributed by atoms with E-state index in [0.29, 0.717) is 24.6 Å². The predicted octanol–water partition coefficient (Wildman–Crippen LogP) is 3.21. The average molecular weight is 348 g/mol. The highest BCUT2D eigenvalue weighted by Gasteiger charge is 2.25. The van der Waals surface area contributed by atoms with Crippen molar-refractivity contribution in [2.75, 3.05) is 31.1 Å². The highest BCUT2D eigenvalue weighted by Crippen LogP contribution is 2.30. The number of carbonyl (C=O) groups is 1. The van der Waals surface area contributed by atoms with Gasteiger partial charge in [-0.15, -0.1) is 0 Å². The number of nitrogens with zero attached hydrogens (tertiary/aromatic N) is 3. The minimum atomic E-state index is -0.274. The summed E-state index contributed by atoms with van der Waals surface area (Å²) in [6.45, 7) is 2.83. The zero-order chi connectivity index (χ0) is 16.5. The Kier molecular flexibility index (Phi) is 4.26. The molecule has 0 unspecified atom stereocenters. The number of hydrogen-bond acceptors (Lipinski definition) is 4. The summed E-state index contributed by atoms with van der Waals surface area (Å²) in [6.07, 6.45) is 4.63. The Labute approximate surface area is 144 Å². The van der Waals surface area contributed by atoms with E-state index in [9.17, 15) is 9.18 Å². The number of anilines is 1. The number of fused-ring (bicyclic) bond motifs is 1. The molecule has 5 nitrogen and oxygen atoms in total. The van der Waals surface area contributed by atoms with Crippen LogP contribution in [0.25, 0.3) is 10.2 Å². The lowest BCUT2D eigenvalue weighted by molar-refractivity contribution is 0.190. The molecule has 1 aliphatic carbocycles. The van der Waals surface area contributed by atoms with E-state index in [1.54, 1.807) is 6.07 Å². The Hall–Kier alpha value is -1.89. The minimum Gasteiger partial charge on any atom is -0.345 e. The van der Waals surface area contributed by atoms with Crippen LogP contribution in [0.15, 0.2) is 18.2 Å². The van der Waals surface area contributed by atoms with E-state index in [4.69, 9.17) is 0 Å². The van der Waals surface area contributed by atoms with Gasteiger partial charge in [-0.05, 0) is 25.0 Å². The van der Waals surface area contributed by atoms with E-state index < -0.39 is 0 Å². The lowest BCUT2D eigenvalue weighted by Gasteiger charge is -2.35. The highest BCUT2D eigenvalue weighted by molar-refractivity contribution is 7.22. The maximum Gasteiger partial charge on any atom is 0.317 e. The first-order valence-corrected chi connectivity index (χ1v) is 9.38. The Morgan fingerprint density at radius 1 is 1.21 bits per heavy atom. The van der Waals surface area contributed by atoms with Crippen molar-refractivity contribution in [3.8, 4) is 0 Å². The zero-order valence-corrected chi connectivity index (χ0v) is 14.3. The summed E-state index contributed by atoms with van der Waals surface area (Å²) >= 11 is 1.51. The smallest absolute Gasteiger partial charge is 0.317 e. The summed E-state index contributed by atoms with van der Waals surface area (Å²) in [4.78, 5) is 20.8. The van der Waals surface area contributed by atoms with Crippen molar-refractivity contribution < 1.29 is 9.18 Å². The van der Waals surface area contributed by atoms with Crippen LogP contribution >= 0.6 is 11.3 Å². The Morgan fingerprint density at radius 3 is 2.67 bits per heavy atom. The molecule has 1 saturated heterocycles. The molecular weight excluding hydrogens is 327 g/mol. The second kappa shape index (κ2) is 6.55. The van der Waals surface area contributed by atoms with Crippen LogP contribution < -0.4 is 10.2 Å². The van der Waals surface area contributed by atoms with Crippen molar-refractivity contribution in [1.82, 2.24) is 15.2 Å². The molecule has 7 heteroatoms. The third-order valence-electron chi connectivity index (χ3n) is 4.88. The molecule has 2 amide bonds. The van der Waals surface area contributed by atoms with Crippen molar-refractivity contribution in [1.29, 1.82) is 0 Å². The molecule has 1 N–H and O–H groups in total. The lowest BCUT2D eigenvalue weighted by Crippen LogP contribution is -2.53.